The molecule has 1 aliphatic heterocycles. The van der Waals surface area contributed by atoms with E-state index in [1.165, 1.54) is 35.5 Å². The molecule has 1 aromatic carbocycles. The maximum absolute atomic E-state index is 12.5. The Morgan fingerprint density at radius 2 is 2.05 bits per heavy atom. The Hall–Kier alpha value is -1.28. The molecule has 1 atom stereocenters. The van der Waals surface area contributed by atoms with Gasteiger partial charge >= 0.3 is 0 Å². The summed E-state index contributed by atoms with van der Waals surface area (Å²) in [5.74, 6) is -0.117. The molecule has 1 aliphatic rings. The van der Waals surface area contributed by atoms with Gasteiger partial charge in [-0.15, -0.1) is 0 Å². The topological polar surface area (TPSA) is 83.9 Å². The molecule has 1 unspecified atom stereocenters. The highest BCUT2D eigenvalue weighted by Crippen LogP contribution is 2.21. The van der Waals surface area contributed by atoms with Gasteiger partial charge in [0.05, 0.1) is 30.8 Å². The Kier molecular flexibility index (Phi) is 4.54. The van der Waals surface area contributed by atoms with Gasteiger partial charge in [-0.1, -0.05) is 12.1 Å². The highest BCUT2D eigenvalue weighted by Gasteiger charge is 2.33. The van der Waals surface area contributed by atoms with Gasteiger partial charge in [0.25, 0.3) is 0 Å². The van der Waals surface area contributed by atoms with Crippen molar-refractivity contribution >= 4 is 15.8 Å². The number of aliphatic hydroxyl groups excluding tert-OH is 1. The summed E-state index contributed by atoms with van der Waals surface area (Å²) in [6, 6.07) is 5.24. The minimum atomic E-state index is -3.68. The molecule has 1 fully saturated rings. The molecule has 1 N–H and O–H groups in total. The number of morpholine rings is 1. The number of aliphatic hydroxyl groups is 1. The number of Topliss-reactive ketones (excluding diaryl/α,β-unsaturated/α-hetero) is 1. The second-order valence-corrected chi connectivity index (χ2v) is 6.50. The van der Waals surface area contributed by atoms with E-state index >= 15 is 0 Å². The first-order chi connectivity index (χ1) is 9.46. The molecule has 0 aromatic heterocycles. The van der Waals surface area contributed by atoms with Gasteiger partial charge in [-0.05, 0) is 19.1 Å². The molecule has 0 aliphatic carbocycles. The lowest BCUT2D eigenvalue weighted by molar-refractivity contribution is 0.0109. The lowest BCUT2D eigenvalue weighted by Crippen LogP contribution is -2.50. The fourth-order valence-corrected chi connectivity index (χ4v) is 3.68. The van der Waals surface area contributed by atoms with E-state index in [9.17, 15) is 18.3 Å². The first-order valence-electron chi connectivity index (χ1n) is 6.28. The van der Waals surface area contributed by atoms with Crippen LogP contribution in [0.15, 0.2) is 29.2 Å². The first-order valence-corrected chi connectivity index (χ1v) is 7.72. The molecule has 20 heavy (non-hydrogen) atoms. The number of carbonyl (C=O) groups excluding carboxylic acids is 1. The molecule has 6 nitrogen and oxygen atoms in total. The number of hydrogen-bond acceptors (Lipinski definition) is 5. The predicted octanol–water partition coefficient (Wildman–Crippen LogP) is 0.271. The maximum atomic E-state index is 12.5. The highest BCUT2D eigenvalue weighted by molar-refractivity contribution is 7.89. The standard InChI is InChI=1S/C13H17NO5S/c1-10(16)11-2-4-13(5-3-11)20(17,18)14-6-7-19-9-12(14)8-15/h2-5,12,15H,6-9H2,1H3. The molecule has 0 amide bonds. The molecule has 1 aromatic rings. The van der Waals surface area contributed by atoms with Crippen LogP contribution in [0.3, 0.4) is 0 Å². The van der Waals surface area contributed by atoms with Crippen LogP contribution in [-0.2, 0) is 14.8 Å². The van der Waals surface area contributed by atoms with Crippen LogP contribution in [0.5, 0.6) is 0 Å². The van der Waals surface area contributed by atoms with Crippen molar-refractivity contribution in [1.82, 2.24) is 4.31 Å². The van der Waals surface area contributed by atoms with E-state index in [2.05, 4.69) is 0 Å². The Balaban J connectivity index is 2.31. The lowest BCUT2D eigenvalue weighted by atomic mass is 10.2. The molecular weight excluding hydrogens is 282 g/mol. The van der Waals surface area contributed by atoms with Crippen LogP contribution in [0.25, 0.3) is 0 Å². The summed E-state index contributed by atoms with van der Waals surface area (Å²) in [6.45, 7) is 1.84. The Bertz CT molecular complexity index is 581. The SMILES string of the molecule is CC(=O)c1ccc(S(=O)(=O)N2CCOCC2CO)cc1. The largest absolute Gasteiger partial charge is 0.395 e. The molecular formula is C13H17NO5S. The summed E-state index contributed by atoms with van der Waals surface area (Å²) < 4.78 is 31.4. The zero-order valence-electron chi connectivity index (χ0n) is 11.2. The molecule has 0 saturated carbocycles. The van der Waals surface area contributed by atoms with Crippen LogP contribution in [0.4, 0.5) is 0 Å². The van der Waals surface area contributed by atoms with Gasteiger partial charge in [-0.2, -0.15) is 4.31 Å². The Labute approximate surface area is 118 Å². The molecule has 7 heteroatoms. The van der Waals surface area contributed by atoms with Crippen LogP contribution in [0.1, 0.15) is 17.3 Å². The summed E-state index contributed by atoms with van der Waals surface area (Å²) in [5, 5.41) is 9.26. The monoisotopic (exact) mass is 299 g/mol. The first kappa shape index (κ1) is 15.1. The predicted molar refractivity (Wildman–Crippen MR) is 72.0 cm³/mol. The van der Waals surface area contributed by atoms with Gasteiger partial charge in [-0.25, -0.2) is 8.42 Å². The Morgan fingerprint density at radius 3 is 2.60 bits per heavy atom. The van der Waals surface area contributed by atoms with E-state index in [4.69, 9.17) is 4.74 Å². The van der Waals surface area contributed by atoms with Crippen LogP contribution in [0, 0.1) is 0 Å². The number of nitrogens with zero attached hydrogens (tertiary/aromatic N) is 1. The fourth-order valence-electron chi connectivity index (χ4n) is 2.10. The summed E-state index contributed by atoms with van der Waals surface area (Å²) in [7, 11) is -3.68. The third kappa shape index (κ3) is 2.90. The fraction of sp³-hybridized carbons (Fsp3) is 0.462. The van der Waals surface area contributed by atoms with Gasteiger partial charge in [0, 0.05) is 12.1 Å². The summed E-state index contributed by atoms with van der Waals surface area (Å²) in [4.78, 5) is 11.3. The number of carbonyl (C=O) groups is 1. The van der Waals surface area contributed by atoms with E-state index in [1.54, 1.807) is 0 Å². The van der Waals surface area contributed by atoms with E-state index in [1.807, 2.05) is 0 Å². The molecule has 1 saturated heterocycles. The van der Waals surface area contributed by atoms with Gasteiger partial charge in [-0.3, -0.25) is 4.79 Å². The highest BCUT2D eigenvalue weighted by atomic mass is 32.2. The smallest absolute Gasteiger partial charge is 0.243 e. The van der Waals surface area contributed by atoms with Crippen molar-refractivity contribution in [3.05, 3.63) is 29.8 Å². The average Bonchev–Trinajstić information content (AvgIpc) is 2.47. The number of benzene rings is 1. The quantitative estimate of drug-likeness (QED) is 0.807. The van der Waals surface area contributed by atoms with Crippen LogP contribution in [-0.4, -0.2) is 56.0 Å². The Morgan fingerprint density at radius 1 is 1.40 bits per heavy atom. The van der Waals surface area contributed by atoms with Crippen molar-refractivity contribution in [3.8, 4) is 0 Å². The summed E-state index contributed by atoms with van der Waals surface area (Å²) in [6.07, 6.45) is 0. The average molecular weight is 299 g/mol. The van der Waals surface area contributed by atoms with Crippen LogP contribution in [0.2, 0.25) is 0 Å². The maximum Gasteiger partial charge on any atom is 0.243 e. The number of ether oxygens (including phenoxy) is 1. The number of rotatable bonds is 4. The zero-order valence-corrected chi connectivity index (χ0v) is 12.0. The normalized spacial score (nSPS) is 20.8. The molecule has 0 bridgehead atoms. The van der Waals surface area contributed by atoms with Crippen LogP contribution < -0.4 is 0 Å². The van der Waals surface area contributed by atoms with E-state index in [0.29, 0.717) is 12.2 Å². The van der Waals surface area contributed by atoms with Crippen molar-refractivity contribution in [2.24, 2.45) is 0 Å². The second kappa shape index (κ2) is 6.01. The second-order valence-electron chi connectivity index (χ2n) is 4.61. The third-order valence-electron chi connectivity index (χ3n) is 3.25. The minimum Gasteiger partial charge on any atom is -0.395 e. The van der Waals surface area contributed by atoms with E-state index in [0.717, 1.165) is 0 Å². The number of sulfonamides is 1. The van der Waals surface area contributed by atoms with Gasteiger partial charge < -0.3 is 9.84 Å². The lowest BCUT2D eigenvalue weighted by Gasteiger charge is -2.33. The molecule has 110 valence electrons. The number of hydrogen-bond donors (Lipinski definition) is 1. The minimum absolute atomic E-state index is 0.114. The van der Waals surface area contributed by atoms with Crippen molar-refractivity contribution in [2.45, 2.75) is 17.9 Å². The van der Waals surface area contributed by atoms with Crippen molar-refractivity contribution < 1.29 is 23.1 Å². The van der Waals surface area contributed by atoms with Crippen molar-refractivity contribution in [2.75, 3.05) is 26.4 Å². The molecule has 0 radical (unpaired) electrons. The molecule has 1 heterocycles. The number of ketones is 1. The van der Waals surface area contributed by atoms with E-state index in [-0.39, 0.29) is 30.4 Å². The van der Waals surface area contributed by atoms with Crippen molar-refractivity contribution in [1.29, 1.82) is 0 Å². The summed E-state index contributed by atoms with van der Waals surface area (Å²) >= 11 is 0. The van der Waals surface area contributed by atoms with Gasteiger partial charge in [0.1, 0.15) is 0 Å². The molecule has 0 spiro atoms. The van der Waals surface area contributed by atoms with E-state index < -0.39 is 16.1 Å². The zero-order chi connectivity index (χ0) is 14.8. The summed E-state index contributed by atoms with van der Waals surface area (Å²) in [5.41, 5.74) is 0.463. The third-order valence-corrected chi connectivity index (χ3v) is 5.22. The van der Waals surface area contributed by atoms with Crippen LogP contribution >= 0.6 is 0 Å². The van der Waals surface area contributed by atoms with Gasteiger partial charge in [0.15, 0.2) is 5.78 Å². The van der Waals surface area contributed by atoms with Gasteiger partial charge in [0.2, 0.25) is 10.0 Å². The van der Waals surface area contributed by atoms with Crippen molar-refractivity contribution in [3.63, 3.8) is 0 Å². The molecule has 2 rings (SSSR count).